The first kappa shape index (κ1) is 21.2. The lowest BCUT2D eigenvalue weighted by atomic mass is 10.1. The predicted octanol–water partition coefficient (Wildman–Crippen LogP) is 0.835. The van der Waals surface area contributed by atoms with Crippen LogP contribution >= 0.6 is 35.5 Å². The average molecular weight is 422 g/mol. The maximum atomic E-state index is 12.7. The van der Waals surface area contributed by atoms with Crippen LogP contribution in [0, 0.1) is 0 Å². The van der Waals surface area contributed by atoms with Crippen molar-refractivity contribution in [3.63, 3.8) is 0 Å². The maximum Gasteiger partial charge on any atom is 0.252 e. The first-order chi connectivity index (χ1) is 10.2. The average Bonchev–Trinajstić information content (AvgIpc) is 2.88. The molecule has 0 aromatic carbocycles. The number of thiophene rings is 1. The van der Waals surface area contributed by atoms with Crippen LogP contribution < -0.4 is 10.5 Å². The van der Waals surface area contributed by atoms with Crippen LogP contribution in [0.15, 0.2) is 14.5 Å². The van der Waals surface area contributed by atoms with Gasteiger partial charge in [-0.05, 0) is 31.5 Å². The number of nitrogens with zero attached hydrogens (tertiary/aromatic N) is 1. The van der Waals surface area contributed by atoms with Crippen molar-refractivity contribution in [3.05, 3.63) is 11.6 Å². The van der Waals surface area contributed by atoms with E-state index in [1.165, 1.54) is 10.4 Å². The van der Waals surface area contributed by atoms with Gasteiger partial charge in [0.15, 0.2) is 0 Å². The Morgan fingerprint density at radius 3 is 2.70 bits per heavy atom. The Morgan fingerprint density at radius 1 is 1.52 bits per heavy atom. The summed E-state index contributed by atoms with van der Waals surface area (Å²) < 4.78 is 49.7. The number of nitrogens with one attached hydrogen (secondary N) is 1. The molecule has 1 atom stereocenters. The number of hydrogen-bond acceptors (Lipinski definition) is 7. The molecule has 0 amide bonds. The summed E-state index contributed by atoms with van der Waals surface area (Å²) in [5.41, 5.74) is 0.484. The number of fused-ring (bicyclic) bond motifs is 1. The third-order valence-electron chi connectivity index (χ3n) is 3.42. The zero-order valence-corrected chi connectivity index (χ0v) is 16.8. The highest BCUT2D eigenvalue weighted by Crippen LogP contribution is 2.39. The molecule has 1 aliphatic rings. The minimum Gasteiger partial charge on any atom is -0.312 e. The van der Waals surface area contributed by atoms with Gasteiger partial charge in [-0.2, -0.15) is 16.1 Å². The third-order valence-corrected chi connectivity index (χ3v) is 9.08. The van der Waals surface area contributed by atoms with Crippen molar-refractivity contribution in [2.24, 2.45) is 5.14 Å². The summed E-state index contributed by atoms with van der Waals surface area (Å²) >= 11 is 2.38. The maximum absolute atomic E-state index is 12.7. The van der Waals surface area contributed by atoms with E-state index in [1.807, 2.05) is 6.26 Å². The Bertz CT molecular complexity index is 747. The molecule has 1 aliphatic heterocycles. The van der Waals surface area contributed by atoms with E-state index in [2.05, 4.69) is 5.32 Å². The van der Waals surface area contributed by atoms with Gasteiger partial charge in [0.25, 0.3) is 10.0 Å². The van der Waals surface area contributed by atoms with Gasteiger partial charge in [-0.25, -0.2) is 22.0 Å². The van der Waals surface area contributed by atoms with Crippen LogP contribution in [0.4, 0.5) is 0 Å². The number of sulfonamides is 2. The largest absolute Gasteiger partial charge is 0.312 e. The fourth-order valence-corrected chi connectivity index (χ4v) is 7.04. The van der Waals surface area contributed by atoms with Gasteiger partial charge in [0.1, 0.15) is 8.42 Å². The monoisotopic (exact) mass is 421 g/mol. The van der Waals surface area contributed by atoms with Gasteiger partial charge in [-0.15, -0.1) is 23.7 Å². The number of likely N-dealkylation sites (N-methyl/N-ethyl adjacent to an activating group) is 1. The standard InChI is InChI=1S/C11H19N3O4S4.ClH/c1-13-9-7-14(4-3-5-19-2)22(17,18)11-8(9)6-10(20-11)21(12,15)16;/h6,9,13H,3-5,7H2,1-2H3,(H2,12,15,16);1H. The van der Waals surface area contributed by atoms with E-state index in [0.717, 1.165) is 23.5 Å². The molecule has 1 aromatic rings. The Hall–Kier alpha value is 0.120. The van der Waals surface area contributed by atoms with E-state index in [0.29, 0.717) is 18.7 Å². The lowest BCUT2D eigenvalue weighted by molar-refractivity contribution is 0.352. The van der Waals surface area contributed by atoms with Crippen molar-refractivity contribution in [1.82, 2.24) is 9.62 Å². The van der Waals surface area contributed by atoms with Crippen molar-refractivity contribution in [2.75, 3.05) is 32.1 Å². The quantitative estimate of drug-likeness (QED) is 0.658. The second-order valence-electron chi connectivity index (χ2n) is 4.90. The highest BCUT2D eigenvalue weighted by atomic mass is 35.5. The second-order valence-corrected chi connectivity index (χ2v) is 10.9. The normalized spacial score (nSPS) is 20.7. The van der Waals surface area contributed by atoms with Crippen LogP contribution in [-0.4, -0.2) is 53.3 Å². The molecule has 12 heteroatoms. The fraction of sp³-hybridized carbons (Fsp3) is 0.636. The summed E-state index contributed by atoms with van der Waals surface area (Å²) in [5.74, 6) is 0.871. The van der Waals surface area contributed by atoms with E-state index in [9.17, 15) is 16.8 Å². The predicted molar refractivity (Wildman–Crippen MR) is 96.5 cm³/mol. The molecule has 3 N–H and O–H groups in total. The number of rotatable bonds is 6. The summed E-state index contributed by atoms with van der Waals surface area (Å²) in [6.07, 6.45) is 2.72. The van der Waals surface area contributed by atoms with Gasteiger partial charge < -0.3 is 5.32 Å². The molecule has 0 fully saturated rings. The van der Waals surface area contributed by atoms with Crippen molar-refractivity contribution in [2.45, 2.75) is 20.9 Å². The van der Waals surface area contributed by atoms with Crippen molar-refractivity contribution in [1.29, 1.82) is 0 Å². The minimum absolute atomic E-state index is 0. The highest BCUT2D eigenvalue weighted by Gasteiger charge is 2.39. The van der Waals surface area contributed by atoms with E-state index in [1.54, 1.807) is 18.8 Å². The smallest absolute Gasteiger partial charge is 0.252 e. The van der Waals surface area contributed by atoms with Gasteiger partial charge in [-0.3, -0.25) is 0 Å². The summed E-state index contributed by atoms with van der Waals surface area (Å²) in [6, 6.07) is 1.13. The lowest BCUT2D eigenvalue weighted by Gasteiger charge is -2.31. The first-order valence-electron chi connectivity index (χ1n) is 6.54. The number of thioether (sulfide) groups is 1. The van der Waals surface area contributed by atoms with E-state index in [4.69, 9.17) is 5.14 Å². The zero-order chi connectivity index (χ0) is 16.5. The molecule has 134 valence electrons. The van der Waals surface area contributed by atoms with E-state index < -0.39 is 20.0 Å². The molecule has 1 unspecified atom stereocenters. The molecular formula is C11H20ClN3O4S4. The molecule has 0 radical (unpaired) electrons. The molecule has 0 bridgehead atoms. The molecular weight excluding hydrogens is 402 g/mol. The third kappa shape index (κ3) is 4.40. The molecule has 0 saturated heterocycles. The summed E-state index contributed by atoms with van der Waals surface area (Å²) in [5, 5.41) is 8.17. The Kier molecular flexibility index (Phi) is 7.36. The van der Waals surface area contributed by atoms with Crippen LogP contribution in [0.3, 0.4) is 0 Å². The Labute approximate surface area is 151 Å². The van der Waals surface area contributed by atoms with Gasteiger partial charge >= 0.3 is 0 Å². The van der Waals surface area contributed by atoms with E-state index in [-0.39, 0.29) is 26.9 Å². The number of nitrogens with two attached hydrogens (primary N) is 1. The molecule has 0 spiro atoms. The number of primary sulfonamides is 1. The molecule has 1 aromatic heterocycles. The van der Waals surface area contributed by atoms with Gasteiger partial charge in [0.2, 0.25) is 10.0 Å². The first-order valence-corrected chi connectivity index (χ1v) is 11.7. The highest BCUT2D eigenvalue weighted by molar-refractivity contribution is 7.98. The van der Waals surface area contributed by atoms with Crippen LogP contribution in [0.25, 0.3) is 0 Å². The Morgan fingerprint density at radius 2 is 2.17 bits per heavy atom. The summed E-state index contributed by atoms with van der Waals surface area (Å²) in [4.78, 5) is 0. The minimum atomic E-state index is -3.91. The summed E-state index contributed by atoms with van der Waals surface area (Å²) in [7, 11) is -5.85. The van der Waals surface area contributed by atoms with E-state index >= 15 is 0 Å². The molecule has 23 heavy (non-hydrogen) atoms. The molecule has 2 rings (SSSR count). The molecule has 7 nitrogen and oxygen atoms in total. The van der Waals surface area contributed by atoms with Crippen molar-refractivity contribution in [3.8, 4) is 0 Å². The number of halogens is 1. The SMILES string of the molecule is CNC1CN(CCCSC)S(=O)(=O)c2sc(S(N)(=O)=O)cc21.Cl. The lowest BCUT2D eigenvalue weighted by Crippen LogP contribution is -2.43. The van der Waals surface area contributed by atoms with Crippen LogP contribution in [0.2, 0.25) is 0 Å². The fourth-order valence-electron chi connectivity index (χ4n) is 2.31. The van der Waals surface area contributed by atoms with Gasteiger partial charge in [-0.1, -0.05) is 0 Å². The number of hydrogen-bond donors (Lipinski definition) is 2. The van der Waals surface area contributed by atoms with Gasteiger partial charge in [0, 0.05) is 24.7 Å². The van der Waals surface area contributed by atoms with Crippen molar-refractivity contribution >= 4 is 55.6 Å². The Balaban J connectivity index is 0.00000264. The second kappa shape index (κ2) is 8.00. The van der Waals surface area contributed by atoms with Crippen LogP contribution in [-0.2, 0) is 20.0 Å². The van der Waals surface area contributed by atoms with Crippen LogP contribution in [0.1, 0.15) is 18.0 Å². The van der Waals surface area contributed by atoms with Crippen molar-refractivity contribution < 1.29 is 16.8 Å². The zero-order valence-electron chi connectivity index (χ0n) is 12.7. The van der Waals surface area contributed by atoms with Crippen LogP contribution in [0.5, 0.6) is 0 Å². The summed E-state index contributed by atoms with van der Waals surface area (Å²) in [6.45, 7) is 0.713. The molecule has 0 aliphatic carbocycles. The molecule has 2 heterocycles. The molecule has 0 saturated carbocycles. The topological polar surface area (TPSA) is 110 Å². The van der Waals surface area contributed by atoms with Gasteiger partial charge in [0.05, 0.1) is 0 Å².